The zero-order valence-corrected chi connectivity index (χ0v) is 15.4. The Morgan fingerprint density at radius 3 is 2.78 bits per heavy atom. The van der Waals surface area contributed by atoms with E-state index in [1.807, 2.05) is 59.4 Å². The Morgan fingerprint density at radius 2 is 1.89 bits per heavy atom. The Hall–Kier alpha value is -3.26. The second-order valence-electron chi connectivity index (χ2n) is 6.27. The highest BCUT2D eigenvalue weighted by atomic mass is 32.1. The van der Waals surface area contributed by atoms with Crippen molar-refractivity contribution in [1.29, 1.82) is 0 Å². The van der Waals surface area contributed by atoms with Gasteiger partial charge in [-0.2, -0.15) is 9.61 Å². The van der Waals surface area contributed by atoms with Gasteiger partial charge in [-0.25, -0.2) is 4.98 Å². The van der Waals surface area contributed by atoms with E-state index in [0.29, 0.717) is 13.2 Å². The molecule has 5 aromatic rings. The van der Waals surface area contributed by atoms with E-state index in [4.69, 9.17) is 4.74 Å². The zero-order chi connectivity index (χ0) is 18.2. The third-order valence-electron chi connectivity index (χ3n) is 4.32. The molecule has 3 aromatic heterocycles. The summed E-state index contributed by atoms with van der Waals surface area (Å²) in [7, 11) is 0. The quantitative estimate of drug-likeness (QED) is 0.470. The first-order valence-corrected chi connectivity index (χ1v) is 9.37. The first-order valence-electron chi connectivity index (χ1n) is 8.55. The van der Waals surface area contributed by atoms with Crippen LogP contribution in [-0.4, -0.2) is 29.4 Å². The average Bonchev–Trinajstić information content (AvgIpc) is 3.37. The summed E-state index contributed by atoms with van der Waals surface area (Å²) >= 11 is 1.49. The summed E-state index contributed by atoms with van der Waals surface area (Å²) in [5.74, 6) is 1.60. The van der Waals surface area contributed by atoms with E-state index in [1.165, 1.54) is 16.9 Å². The maximum absolute atomic E-state index is 5.82. The van der Waals surface area contributed by atoms with E-state index in [1.54, 1.807) is 4.52 Å². The van der Waals surface area contributed by atoms with Gasteiger partial charge in [-0.1, -0.05) is 41.2 Å². The molecule has 2 aromatic carbocycles. The highest BCUT2D eigenvalue weighted by molar-refractivity contribution is 7.16. The maximum Gasteiger partial charge on any atom is 0.234 e. The maximum atomic E-state index is 5.82. The molecule has 0 radical (unpaired) electrons. The fourth-order valence-corrected chi connectivity index (χ4v) is 3.69. The summed E-state index contributed by atoms with van der Waals surface area (Å²) in [4.78, 5) is 5.18. The van der Waals surface area contributed by atoms with Gasteiger partial charge in [0.15, 0.2) is 10.8 Å². The summed E-state index contributed by atoms with van der Waals surface area (Å²) in [5, 5.41) is 14.0. The van der Waals surface area contributed by atoms with Crippen molar-refractivity contribution in [2.24, 2.45) is 0 Å². The first kappa shape index (κ1) is 16.0. The second-order valence-corrected chi connectivity index (χ2v) is 7.31. The first-order chi connectivity index (χ1) is 13.3. The van der Waals surface area contributed by atoms with Crippen molar-refractivity contribution in [3.05, 3.63) is 71.3 Å². The van der Waals surface area contributed by atoms with Gasteiger partial charge in [0.2, 0.25) is 4.96 Å². The Labute approximate surface area is 158 Å². The van der Waals surface area contributed by atoms with Crippen LogP contribution >= 0.6 is 11.3 Å². The van der Waals surface area contributed by atoms with Gasteiger partial charge >= 0.3 is 0 Å². The lowest BCUT2D eigenvalue weighted by Crippen LogP contribution is -2.05. The largest absolute Gasteiger partial charge is 0.486 e. The van der Waals surface area contributed by atoms with E-state index in [-0.39, 0.29) is 0 Å². The van der Waals surface area contributed by atoms with Crippen molar-refractivity contribution in [3.63, 3.8) is 0 Å². The van der Waals surface area contributed by atoms with Crippen LogP contribution in [0.1, 0.15) is 16.4 Å². The minimum atomic E-state index is 0.407. The molecule has 134 valence electrons. The van der Waals surface area contributed by atoms with Crippen LogP contribution in [0, 0.1) is 6.92 Å². The lowest BCUT2D eigenvalue weighted by atomic mass is 10.2. The van der Waals surface area contributed by atoms with Crippen molar-refractivity contribution < 1.29 is 4.74 Å². The number of hydrogen-bond acceptors (Lipinski definition) is 6. The van der Waals surface area contributed by atoms with Crippen molar-refractivity contribution in [2.75, 3.05) is 0 Å². The third-order valence-corrected chi connectivity index (χ3v) is 5.19. The molecule has 0 atom stereocenters. The number of fused-ring (bicyclic) bond motifs is 2. The Morgan fingerprint density at radius 1 is 1.04 bits per heavy atom. The summed E-state index contributed by atoms with van der Waals surface area (Å²) < 4.78 is 9.65. The van der Waals surface area contributed by atoms with Crippen LogP contribution in [0.15, 0.2) is 54.9 Å². The number of benzene rings is 2. The minimum Gasteiger partial charge on any atom is -0.486 e. The molecule has 0 bridgehead atoms. The molecule has 0 aliphatic carbocycles. The molecule has 0 fully saturated rings. The summed E-state index contributed by atoms with van der Waals surface area (Å²) in [5.41, 5.74) is 3.23. The molecular weight excluding hydrogens is 360 g/mol. The molecule has 5 rings (SSSR count). The van der Waals surface area contributed by atoms with Crippen molar-refractivity contribution in [1.82, 2.24) is 29.4 Å². The normalized spacial score (nSPS) is 11.4. The van der Waals surface area contributed by atoms with Gasteiger partial charge in [-0.05, 0) is 31.2 Å². The van der Waals surface area contributed by atoms with Gasteiger partial charge in [-0.15, -0.1) is 10.2 Å². The van der Waals surface area contributed by atoms with Crippen LogP contribution in [0.5, 0.6) is 5.75 Å². The van der Waals surface area contributed by atoms with Crippen LogP contribution in [0.3, 0.4) is 0 Å². The van der Waals surface area contributed by atoms with Crippen LogP contribution < -0.4 is 4.74 Å². The predicted molar refractivity (Wildman–Crippen MR) is 103 cm³/mol. The Bertz CT molecular complexity index is 1220. The number of ether oxygens (including phenoxy) is 1. The second kappa shape index (κ2) is 6.48. The van der Waals surface area contributed by atoms with E-state index < -0.39 is 0 Å². The molecule has 0 N–H and O–H groups in total. The van der Waals surface area contributed by atoms with E-state index in [9.17, 15) is 0 Å². The lowest BCUT2D eigenvalue weighted by Gasteiger charge is -2.03. The molecule has 0 aliphatic heterocycles. The summed E-state index contributed by atoms with van der Waals surface area (Å²) in [6.45, 7) is 3.02. The number of hydrogen-bond donors (Lipinski definition) is 0. The van der Waals surface area contributed by atoms with Crippen molar-refractivity contribution in [3.8, 4) is 5.75 Å². The van der Waals surface area contributed by atoms with Crippen LogP contribution in [0.2, 0.25) is 0 Å². The molecule has 0 saturated heterocycles. The lowest BCUT2D eigenvalue weighted by molar-refractivity contribution is 0.304. The minimum absolute atomic E-state index is 0.407. The predicted octanol–water partition coefficient (Wildman–Crippen LogP) is 3.47. The van der Waals surface area contributed by atoms with Crippen LogP contribution in [0.25, 0.3) is 16.0 Å². The highest BCUT2D eigenvalue weighted by Crippen LogP contribution is 2.19. The molecule has 0 amide bonds. The molecular formula is C19H16N6OS. The number of aryl methyl sites for hydroxylation is 1. The Balaban J connectivity index is 1.37. The SMILES string of the molecule is Cc1ccc(OCc2nn3c(Cn4cnc5ccccc54)nnc3s2)cc1. The number of imidazole rings is 1. The molecule has 0 spiro atoms. The Kier molecular flexibility index (Phi) is 3.83. The third kappa shape index (κ3) is 3.04. The van der Waals surface area contributed by atoms with Gasteiger partial charge < -0.3 is 9.30 Å². The molecule has 0 saturated carbocycles. The molecule has 7 nitrogen and oxygen atoms in total. The van der Waals surface area contributed by atoms with Gasteiger partial charge in [0.05, 0.1) is 23.9 Å². The average molecular weight is 376 g/mol. The van der Waals surface area contributed by atoms with Crippen LogP contribution in [-0.2, 0) is 13.2 Å². The van der Waals surface area contributed by atoms with E-state index >= 15 is 0 Å². The van der Waals surface area contributed by atoms with Gasteiger partial charge in [-0.3, -0.25) is 0 Å². The van der Waals surface area contributed by atoms with Gasteiger partial charge in [0.1, 0.15) is 12.4 Å². The van der Waals surface area contributed by atoms with Gasteiger partial charge in [0, 0.05) is 0 Å². The molecule has 27 heavy (non-hydrogen) atoms. The zero-order valence-electron chi connectivity index (χ0n) is 14.6. The number of rotatable bonds is 5. The van der Waals surface area contributed by atoms with Crippen molar-refractivity contribution >= 4 is 27.3 Å². The highest BCUT2D eigenvalue weighted by Gasteiger charge is 2.13. The summed E-state index contributed by atoms with van der Waals surface area (Å²) in [6.07, 6.45) is 1.82. The molecule has 0 unspecified atom stereocenters. The van der Waals surface area contributed by atoms with Crippen LogP contribution in [0.4, 0.5) is 0 Å². The van der Waals surface area contributed by atoms with Gasteiger partial charge in [0.25, 0.3) is 0 Å². The standard InChI is InChI=1S/C19H16N6OS/c1-13-6-8-14(9-7-13)26-11-18-23-25-17(21-22-19(25)27-18)10-24-12-20-15-4-2-3-5-16(15)24/h2-9,12H,10-11H2,1H3. The van der Waals surface area contributed by atoms with E-state index in [2.05, 4.69) is 27.2 Å². The molecule has 8 heteroatoms. The molecule has 3 heterocycles. The topological polar surface area (TPSA) is 70.1 Å². The van der Waals surface area contributed by atoms with Crippen molar-refractivity contribution in [2.45, 2.75) is 20.1 Å². The fraction of sp³-hybridized carbons (Fsp3) is 0.158. The monoisotopic (exact) mass is 376 g/mol. The van der Waals surface area contributed by atoms with E-state index in [0.717, 1.165) is 32.6 Å². The molecule has 0 aliphatic rings. The number of nitrogens with zero attached hydrogens (tertiary/aromatic N) is 6. The number of para-hydroxylation sites is 2. The fourth-order valence-electron chi connectivity index (χ4n) is 2.92. The smallest absolute Gasteiger partial charge is 0.234 e. The number of aromatic nitrogens is 6. The summed E-state index contributed by atoms with van der Waals surface area (Å²) in [6, 6.07) is 16.0.